The van der Waals surface area contributed by atoms with Crippen molar-refractivity contribution < 1.29 is 9.59 Å². The summed E-state index contributed by atoms with van der Waals surface area (Å²) in [5, 5.41) is 0. The maximum atomic E-state index is 12.1. The van der Waals surface area contributed by atoms with Crippen LogP contribution in [0.4, 0.5) is 0 Å². The van der Waals surface area contributed by atoms with Crippen LogP contribution in [0.25, 0.3) is 11.1 Å². The van der Waals surface area contributed by atoms with Crippen molar-refractivity contribution in [2.24, 2.45) is 0 Å². The molecule has 0 aliphatic carbocycles. The van der Waals surface area contributed by atoms with E-state index in [-0.39, 0.29) is 11.6 Å². The molecule has 0 atom stereocenters. The Morgan fingerprint density at radius 1 is 1.05 bits per heavy atom. The largest absolute Gasteiger partial charge is 0.288 e. The molecule has 0 saturated heterocycles. The van der Waals surface area contributed by atoms with E-state index in [4.69, 9.17) is 34.8 Å². The van der Waals surface area contributed by atoms with Crippen LogP contribution >= 0.6 is 34.8 Å². The van der Waals surface area contributed by atoms with Crippen LogP contribution in [0, 0.1) is 0 Å². The van der Waals surface area contributed by atoms with E-state index < -0.39 is 9.58 Å². The summed E-state index contributed by atoms with van der Waals surface area (Å²) >= 11 is 16.8. The number of halogens is 3. The lowest BCUT2D eigenvalue weighted by Crippen LogP contribution is -2.23. The number of hydrogen-bond donors (Lipinski definition) is 0. The third-order valence-electron chi connectivity index (χ3n) is 2.76. The van der Waals surface area contributed by atoms with Gasteiger partial charge in [0.25, 0.3) is 3.79 Å². The first-order valence-electron chi connectivity index (χ1n) is 5.71. The van der Waals surface area contributed by atoms with Gasteiger partial charge in [-0.1, -0.05) is 65.1 Å². The molecule has 0 aliphatic rings. The molecule has 0 spiro atoms. The van der Waals surface area contributed by atoms with Crippen LogP contribution in [-0.4, -0.2) is 20.1 Å². The van der Waals surface area contributed by atoms with Crippen molar-refractivity contribution in [2.45, 2.75) is 10.7 Å². The van der Waals surface area contributed by atoms with Crippen LogP contribution in [0.5, 0.6) is 0 Å². The molecular weight excluding hydrogens is 321 g/mol. The molecule has 104 valence electrons. The molecule has 0 fully saturated rings. The fourth-order valence-corrected chi connectivity index (χ4v) is 2.12. The van der Waals surface area contributed by atoms with E-state index >= 15 is 0 Å². The topological polar surface area (TPSA) is 39.1 Å². The summed E-state index contributed by atoms with van der Waals surface area (Å²) in [7, 11) is 0. The Labute approximate surface area is 131 Å². The molecule has 1 aromatic heterocycles. The van der Waals surface area contributed by atoms with Gasteiger partial charge < -0.3 is 0 Å². The van der Waals surface area contributed by atoms with Crippen LogP contribution in [0.2, 0.25) is 0 Å². The standard InChI is InChI=1S/C14H10Cl3NO2/c1-9(19)18-8-11(10-5-3-2-4-6-10)7-12(18)13(20)14(15,16)17/h2-8H,1H3. The monoisotopic (exact) mass is 329 g/mol. The number of alkyl halides is 3. The van der Waals surface area contributed by atoms with Crippen LogP contribution in [0.15, 0.2) is 42.6 Å². The van der Waals surface area contributed by atoms with Gasteiger partial charge in [-0.05, 0) is 11.6 Å². The summed E-state index contributed by atoms with van der Waals surface area (Å²) in [6.45, 7) is 1.34. The second-order valence-electron chi connectivity index (χ2n) is 4.20. The maximum Gasteiger partial charge on any atom is 0.255 e. The number of nitrogens with zero attached hydrogens (tertiary/aromatic N) is 1. The first kappa shape index (κ1) is 15.1. The first-order chi connectivity index (χ1) is 9.30. The fraction of sp³-hybridized carbons (Fsp3) is 0.143. The second-order valence-corrected chi connectivity index (χ2v) is 6.48. The average Bonchev–Trinajstić information content (AvgIpc) is 2.82. The summed E-state index contributed by atoms with van der Waals surface area (Å²) < 4.78 is -0.911. The van der Waals surface area contributed by atoms with Crippen molar-refractivity contribution in [2.75, 3.05) is 0 Å². The fourth-order valence-electron chi connectivity index (χ4n) is 1.83. The van der Waals surface area contributed by atoms with Gasteiger partial charge in [0, 0.05) is 18.7 Å². The zero-order valence-electron chi connectivity index (χ0n) is 10.4. The number of ketones is 1. The third kappa shape index (κ3) is 3.06. The Hall–Kier alpha value is -1.29. The molecule has 1 aromatic carbocycles. The highest BCUT2D eigenvalue weighted by molar-refractivity contribution is 6.77. The predicted octanol–water partition coefficient (Wildman–Crippen LogP) is 4.37. The SMILES string of the molecule is CC(=O)n1cc(-c2ccccc2)cc1C(=O)C(Cl)(Cl)Cl. The summed E-state index contributed by atoms with van der Waals surface area (Å²) in [4.78, 5) is 23.7. The van der Waals surface area contributed by atoms with Crippen LogP contribution in [0.1, 0.15) is 22.2 Å². The molecule has 0 bridgehead atoms. The van der Waals surface area contributed by atoms with E-state index in [1.165, 1.54) is 11.5 Å². The van der Waals surface area contributed by atoms with Gasteiger partial charge in [-0.3, -0.25) is 14.2 Å². The lowest BCUT2D eigenvalue weighted by Gasteiger charge is -2.10. The second kappa shape index (κ2) is 5.60. The lowest BCUT2D eigenvalue weighted by atomic mass is 10.1. The van der Waals surface area contributed by atoms with E-state index in [0.29, 0.717) is 5.56 Å². The number of rotatable bonds is 2. The van der Waals surface area contributed by atoms with Gasteiger partial charge in [-0.2, -0.15) is 0 Å². The predicted molar refractivity (Wildman–Crippen MR) is 80.8 cm³/mol. The van der Waals surface area contributed by atoms with Crippen molar-refractivity contribution >= 4 is 46.5 Å². The molecule has 6 heteroatoms. The van der Waals surface area contributed by atoms with Crippen molar-refractivity contribution in [1.82, 2.24) is 4.57 Å². The summed E-state index contributed by atoms with van der Waals surface area (Å²) in [6.07, 6.45) is 1.56. The molecule has 0 saturated carbocycles. The zero-order chi connectivity index (χ0) is 14.9. The Kier molecular flexibility index (Phi) is 4.23. The minimum Gasteiger partial charge on any atom is -0.288 e. The van der Waals surface area contributed by atoms with Crippen molar-refractivity contribution in [3.63, 3.8) is 0 Å². The number of aromatic nitrogens is 1. The number of Topliss-reactive ketones (excluding diaryl/α,β-unsaturated/α-hetero) is 1. The Morgan fingerprint density at radius 2 is 1.65 bits per heavy atom. The van der Waals surface area contributed by atoms with Gasteiger partial charge in [0.05, 0.1) is 5.69 Å². The van der Waals surface area contributed by atoms with Crippen LogP contribution < -0.4 is 0 Å². The normalized spacial score (nSPS) is 11.4. The molecule has 0 unspecified atom stereocenters. The highest BCUT2D eigenvalue weighted by atomic mass is 35.6. The highest BCUT2D eigenvalue weighted by Gasteiger charge is 2.34. The van der Waals surface area contributed by atoms with Crippen LogP contribution in [0.3, 0.4) is 0 Å². The van der Waals surface area contributed by atoms with Gasteiger partial charge in [-0.25, -0.2) is 0 Å². The molecule has 3 nitrogen and oxygen atoms in total. The molecule has 0 N–H and O–H groups in total. The van der Waals surface area contributed by atoms with E-state index in [1.54, 1.807) is 12.3 Å². The third-order valence-corrected chi connectivity index (χ3v) is 3.27. The van der Waals surface area contributed by atoms with Crippen molar-refractivity contribution in [3.05, 3.63) is 48.3 Å². The Balaban J connectivity index is 2.56. The minimum atomic E-state index is -2.10. The highest BCUT2D eigenvalue weighted by Crippen LogP contribution is 2.32. The quantitative estimate of drug-likeness (QED) is 0.606. The van der Waals surface area contributed by atoms with E-state index in [1.807, 2.05) is 30.3 Å². The van der Waals surface area contributed by atoms with E-state index in [9.17, 15) is 9.59 Å². The average molecular weight is 331 g/mol. The molecule has 2 aromatic rings. The Bertz CT molecular complexity index is 657. The summed E-state index contributed by atoms with van der Waals surface area (Å²) in [5.41, 5.74) is 1.63. The number of benzene rings is 1. The first-order valence-corrected chi connectivity index (χ1v) is 6.84. The Morgan fingerprint density at radius 3 is 2.15 bits per heavy atom. The van der Waals surface area contributed by atoms with Gasteiger partial charge in [0.2, 0.25) is 11.7 Å². The van der Waals surface area contributed by atoms with Gasteiger partial charge in [-0.15, -0.1) is 0 Å². The van der Waals surface area contributed by atoms with Crippen molar-refractivity contribution in [3.8, 4) is 11.1 Å². The molecule has 1 heterocycles. The number of carbonyl (C=O) groups is 2. The number of hydrogen-bond acceptors (Lipinski definition) is 2. The summed E-state index contributed by atoms with van der Waals surface area (Å²) in [5.74, 6) is -1.07. The zero-order valence-corrected chi connectivity index (χ0v) is 12.7. The van der Waals surface area contributed by atoms with E-state index in [0.717, 1.165) is 5.56 Å². The molecule has 2 rings (SSSR count). The molecule has 0 radical (unpaired) electrons. The summed E-state index contributed by atoms with van der Waals surface area (Å²) in [6, 6.07) is 10.9. The molecular formula is C14H10Cl3NO2. The number of carbonyl (C=O) groups excluding carboxylic acids is 2. The molecule has 0 amide bonds. The smallest absolute Gasteiger partial charge is 0.255 e. The van der Waals surface area contributed by atoms with Gasteiger partial charge in [0.1, 0.15) is 0 Å². The maximum absolute atomic E-state index is 12.1. The van der Waals surface area contributed by atoms with Crippen molar-refractivity contribution in [1.29, 1.82) is 0 Å². The van der Waals surface area contributed by atoms with Gasteiger partial charge >= 0.3 is 0 Å². The molecule has 0 aliphatic heterocycles. The van der Waals surface area contributed by atoms with E-state index in [2.05, 4.69) is 0 Å². The lowest BCUT2D eigenvalue weighted by molar-refractivity contribution is 0.0905. The van der Waals surface area contributed by atoms with Crippen LogP contribution in [-0.2, 0) is 0 Å². The minimum absolute atomic E-state index is 0.0522. The molecule has 20 heavy (non-hydrogen) atoms. The van der Waals surface area contributed by atoms with Gasteiger partial charge in [0.15, 0.2) is 0 Å².